The molecule has 2 unspecified atom stereocenters. The largest absolute Gasteiger partial charge is 0.340 e. The van der Waals surface area contributed by atoms with Crippen molar-refractivity contribution in [1.82, 2.24) is 9.88 Å². The van der Waals surface area contributed by atoms with Crippen molar-refractivity contribution in [2.75, 3.05) is 6.54 Å². The number of rotatable bonds is 4. The second-order valence-corrected chi connectivity index (χ2v) is 8.49. The predicted molar refractivity (Wildman–Crippen MR) is 117 cm³/mol. The van der Waals surface area contributed by atoms with Gasteiger partial charge in [0.25, 0.3) is 0 Å². The maximum Gasteiger partial charge on any atom is 0.222 e. The van der Waals surface area contributed by atoms with Crippen LogP contribution in [0.15, 0.2) is 36.7 Å². The van der Waals surface area contributed by atoms with Crippen LogP contribution in [0.25, 0.3) is 11.1 Å². The first-order valence-corrected chi connectivity index (χ1v) is 10.6. The second-order valence-electron chi connectivity index (χ2n) is 7.70. The van der Waals surface area contributed by atoms with Gasteiger partial charge in [0.1, 0.15) is 0 Å². The Morgan fingerprint density at radius 3 is 2.57 bits per heavy atom. The lowest BCUT2D eigenvalue weighted by Crippen LogP contribution is -2.39. The molecular formula is C22H25Cl3N2O. The van der Waals surface area contributed by atoms with Crippen LogP contribution >= 0.6 is 35.6 Å². The lowest BCUT2D eigenvalue weighted by Gasteiger charge is -2.35. The van der Waals surface area contributed by atoms with Gasteiger partial charge in [-0.15, -0.1) is 12.4 Å². The number of hydrogen-bond donors (Lipinski definition) is 0. The van der Waals surface area contributed by atoms with E-state index in [4.69, 9.17) is 23.2 Å². The third-order valence-electron chi connectivity index (χ3n) is 5.98. The second kappa shape index (κ2) is 9.47. The predicted octanol–water partition coefficient (Wildman–Crippen LogP) is 6.20. The SMILES string of the molecule is Cl.O=C1CCCN1C1CCCC(Cc2c(Cl)ccc(-c3ccncc3)c2Cl)C1. The maximum absolute atomic E-state index is 12.1. The third kappa shape index (κ3) is 4.48. The highest BCUT2D eigenvalue weighted by Gasteiger charge is 2.32. The molecule has 28 heavy (non-hydrogen) atoms. The van der Waals surface area contributed by atoms with E-state index >= 15 is 0 Å². The number of carbonyl (C=O) groups excluding carboxylic acids is 1. The Morgan fingerprint density at radius 2 is 1.86 bits per heavy atom. The molecule has 2 aliphatic rings. The van der Waals surface area contributed by atoms with Gasteiger partial charge in [-0.3, -0.25) is 9.78 Å². The summed E-state index contributed by atoms with van der Waals surface area (Å²) in [5, 5.41) is 1.48. The van der Waals surface area contributed by atoms with Crippen molar-refractivity contribution in [1.29, 1.82) is 0 Å². The topological polar surface area (TPSA) is 33.2 Å². The molecule has 3 nitrogen and oxygen atoms in total. The van der Waals surface area contributed by atoms with Gasteiger partial charge in [-0.05, 0) is 67.3 Å². The van der Waals surface area contributed by atoms with Crippen molar-refractivity contribution in [2.24, 2.45) is 5.92 Å². The highest BCUT2D eigenvalue weighted by molar-refractivity contribution is 6.37. The smallest absolute Gasteiger partial charge is 0.222 e. The Balaban J connectivity index is 0.00000225. The van der Waals surface area contributed by atoms with Gasteiger partial charge in [0.05, 0.1) is 5.02 Å². The van der Waals surface area contributed by atoms with Crippen LogP contribution in [0.5, 0.6) is 0 Å². The summed E-state index contributed by atoms with van der Waals surface area (Å²) in [6, 6.07) is 8.25. The number of nitrogens with zero attached hydrogens (tertiary/aromatic N) is 2. The summed E-state index contributed by atoms with van der Waals surface area (Å²) < 4.78 is 0. The summed E-state index contributed by atoms with van der Waals surface area (Å²) in [7, 11) is 0. The Labute approximate surface area is 182 Å². The molecule has 150 valence electrons. The molecule has 0 bridgehead atoms. The fraction of sp³-hybridized carbons (Fsp3) is 0.455. The normalized spacial score (nSPS) is 22.2. The van der Waals surface area contributed by atoms with E-state index in [2.05, 4.69) is 9.88 Å². The fourth-order valence-electron chi connectivity index (χ4n) is 4.61. The van der Waals surface area contributed by atoms with Gasteiger partial charge in [0, 0.05) is 42.0 Å². The molecule has 1 saturated carbocycles. The number of aromatic nitrogens is 1. The van der Waals surface area contributed by atoms with Crippen molar-refractivity contribution in [3.8, 4) is 11.1 Å². The lowest BCUT2D eigenvalue weighted by molar-refractivity contribution is -0.130. The van der Waals surface area contributed by atoms with Crippen LogP contribution < -0.4 is 0 Å². The molecule has 4 rings (SSSR count). The summed E-state index contributed by atoms with van der Waals surface area (Å²) in [4.78, 5) is 18.3. The van der Waals surface area contributed by atoms with Gasteiger partial charge in [-0.1, -0.05) is 35.7 Å². The van der Waals surface area contributed by atoms with Crippen molar-refractivity contribution in [3.63, 3.8) is 0 Å². The summed E-state index contributed by atoms with van der Waals surface area (Å²) in [5.41, 5.74) is 3.09. The molecule has 2 heterocycles. The Hall–Kier alpha value is -1.29. The number of amides is 1. The van der Waals surface area contributed by atoms with E-state index in [1.54, 1.807) is 12.4 Å². The molecule has 1 aromatic heterocycles. The molecule has 0 N–H and O–H groups in total. The van der Waals surface area contributed by atoms with E-state index in [1.165, 1.54) is 12.8 Å². The first kappa shape index (κ1) is 21.4. The highest BCUT2D eigenvalue weighted by Crippen LogP contribution is 2.39. The zero-order valence-electron chi connectivity index (χ0n) is 15.7. The van der Waals surface area contributed by atoms with E-state index in [9.17, 15) is 4.79 Å². The number of pyridine rings is 1. The minimum Gasteiger partial charge on any atom is -0.340 e. The standard InChI is InChI=1S/C22H24Cl2N2O.ClH/c23-20-7-6-18(16-8-10-25-11-9-16)22(24)19(20)14-15-3-1-4-17(13-15)26-12-2-5-21(26)27;/h6-11,15,17H,1-5,12-14H2;1H. The van der Waals surface area contributed by atoms with Crippen LogP contribution in [0.1, 0.15) is 44.1 Å². The molecule has 1 amide bonds. The van der Waals surface area contributed by atoms with Crippen LogP contribution in [-0.4, -0.2) is 28.4 Å². The molecule has 1 aromatic carbocycles. The van der Waals surface area contributed by atoms with Gasteiger partial charge >= 0.3 is 0 Å². The Bertz CT molecular complexity index is 828. The lowest BCUT2D eigenvalue weighted by atomic mass is 9.81. The molecule has 0 radical (unpaired) electrons. The number of hydrogen-bond acceptors (Lipinski definition) is 2. The van der Waals surface area contributed by atoms with Crippen molar-refractivity contribution in [3.05, 3.63) is 52.3 Å². The Kier molecular flexibility index (Phi) is 7.25. The van der Waals surface area contributed by atoms with Gasteiger partial charge in [0.2, 0.25) is 5.91 Å². The summed E-state index contributed by atoms with van der Waals surface area (Å²) in [6.45, 7) is 0.926. The third-order valence-corrected chi connectivity index (χ3v) is 6.76. The van der Waals surface area contributed by atoms with Crippen LogP contribution in [0.4, 0.5) is 0 Å². The summed E-state index contributed by atoms with van der Waals surface area (Å²) in [6.07, 6.45) is 10.7. The minimum atomic E-state index is 0. The van der Waals surface area contributed by atoms with E-state index < -0.39 is 0 Å². The first-order chi connectivity index (χ1) is 13.1. The van der Waals surface area contributed by atoms with E-state index in [1.807, 2.05) is 24.3 Å². The van der Waals surface area contributed by atoms with Crippen LogP contribution in [0.2, 0.25) is 10.0 Å². The average Bonchev–Trinajstić information content (AvgIpc) is 3.12. The maximum atomic E-state index is 12.1. The quantitative estimate of drug-likeness (QED) is 0.568. The first-order valence-electron chi connectivity index (χ1n) is 9.80. The average molecular weight is 440 g/mol. The number of halogens is 3. The van der Waals surface area contributed by atoms with Gasteiger partial charge < -0.3 is 4.90 Å². The van der Waals surface area contributed by atoms with Gasteiger partial charge in [-0.25, -0.2) is 0 Å². The number of benzene rings is 1. The molecule has 2 aromatic rings. The van der Waals surface area contributed by atoms with Crippen molar-refractivity contribution < 1.29 is 4.79 Å². The fourth-order valence-corrected chi connectivity index (χ4v) is 5.25. The number of carbonyl (C=O) groups is 1. The zero-order valence-corrected chi connectivity index (χ0v) is 18.1. The monoisotopic (exact) mass is 438 g/mol. The molecule has 2 fully saturated rings. The Morgan fingerprint density at radius 1 is 1.07 bits per heavy atom. The van der Waals surface area contributed by atoms with Crippen LogP contribution in [0.3, 0.4) is 0 Å². The van der Waals surface area contributed by atoms with Crippen molar-refractivity contribution in [2.45, 2.75) is 51.0 Å². The van der Waals surface area contributed by atoms with E-state index in [0.717, 1.165) is 59.0 Å². The minimum absolute atomic E-state index is 0. The molecule has 2 atom stereocenters. The van der Waals surface area contributed by atoms with E-state index in [0.29, 0.717) is 24.3 Å². The molecule has 6 heteroatoms. The number of likely N-dealkylation sites (tertiary alicyclic amines) is 1. The van der Waals surface area contributed by atoms with Crippen molar-refractivity contribution >= 4 is 41.5 Å². The zero-order chi connectivity index (χ0) is 18.8. The highest BCUT2D eigenvalue weighted by atomic mass is 35.5. The molecular weight excluding hydrogens is 415 g/mol. The van der Waals surface area contributed by atoms with E-state index in [-0.39, 0.29) is 12.4 Å². The van der Waals surface area contributed by atoms with Crippen LogP contribution in [-0.2, 0) is 11.2 Å². The molecule has 1 aliphatic carbocycles. The molecule has 0 spiro atoms. The van der Waals surface area contributed by atoms with Gasteiger partial charge in [0.15, 0.2) is 0 Å². The summed E-state index contributed by atoms with van der Waals surface area (Å²) in [5.74, 6) is 0.844. The van der Waals surface area contributed by atoms with Crippen LogP contribution in [0, 0.1) is 5.92 Å². The molecule has 1 aliphatic heterocycles. The van der Waals surface area contributed by atoms with Gasteiger partial charge in [-0.2, -0.15) is 0 Å². The molecule has 1 saturated heterocycles. The summed E-state index contributed by atoms with van der Waals surface area (Å²) >= 11 is 13.3.